The minimum absolute atomic E-state index is 0.110. The molecule has 28 heavy (non-hydrogen) atoms. The monoisotopic (exact) mass is 373 g/mol. The maximum absolute atomic E-state index is 13.1. The Morgan fingerprint density at radius 2 is 1.64 bits per heavy atom. The van der Waals surface area contributed by atoms with E-state index in [1.165, 1.54) is 0 Å². The summed E-state index contributed by atoms with van der Waals surface area (Å²) in [4.78, 5) is 13.1. The van der Waals surface area contributed by atoms with Crippen LogP contribution in [0.5, 0.6) is 5.75 Å². The van der Waals surface area contributed by atoms with Crippen LogP contribution in [0, 0.1) is 13.8 Å². The number of carbonyl (C=O) groups excluding carboxylic acids is 1. The number of benzene rings is 3. The molecule has 3 aromatic carbocycles. The Kier molecular flexibility index (Phi) is 6.49. The van der Waals surface area contributed by atoms with Crippen LogP contribution in [0.3, 0.4) is 0 Å². The van der Waals surface area contributed by atoms with E-state index in [0.717, 1.165) is 22.3 Å². The van der Waals surface area contributed by atoms with E-state index in [-0.39, 0.29) is 11.9 Å². The zero-order valence-corrected chi connectivity index (χ0v) is 16.7. The van der Waals surface area contributed by atoms with Crippen molar-refractivity contribution in [2.24, 2.45) is 0 Å². The number of aryl methyl sites for hydroxylation is 2. The second-order valence-electron chi connectivity index (χ2n) is 7.04. The van der Waals surface area contributed by atoms with Crippen molar-refractivity contribution in [1.29, 1.82) is 0 Å². The number of ether oxygens (including phenoxy) is 1. The van der Waals surface area contributed by atoms with Gasteiger partial charge >= 0.3 is 0 Å². The van der Waals surface area contributed by atoms with Gasteiger partial charge in [0.05, 0.1) is 6.04 Å². The molecule has 0 aliphatic carbocycles. The summed E-state index contributed by atoms with van der Waals surface area (Å²) in [5.41, 5.74) is 4.39. The van der Waals surface area contributed by atoms with Crippen LogP contribution in [0.2, 0.25) is 0 Å². The third kappa shape index (κ3) is 4.80. The van der Waals surface area contributed by atoms with Crippen molar-refractivity contribution in [3.05, 3.63) is 101 Å². The molecule has 3 rings (SSSR count). The molecule has 2 atom stereocenters. The first-order valence-corrected chi connectivity index (χ1v) is 9.72. The Morgan fingerprint density at radius 3 is 2.32 bits per heavy atom. The minimum atomic E-state index is -0.544. The van der Waals surface area contributed by atoms with Crippen molar-refractivity contribution in [2.75, 3.05) is 0 Å². The summed E-state index contributed by atoms with van der Waals surface area (Å²) in [5.74, 6) is 0.607. The van der Waals surface area contributed by atoms with Crippen molar-refractivity contribution >= 4 is 5.91 Å². The molecule has 0 aliphatic rings. The number of amides is 1. The van der Waals surface area contributed by atoms with Crippen molar-refractivity contribution in [1.82, 2.24) is 5.32 Å². The van der Waals surface area contributed by atoms with Gasteiger partial charge in [-0.2, -0.15) is 0 Å². The fourth-order valence-corrected chi connectivity index (χ4v) is 3.31. The molecule has 0 aliphatic heterocycles. The van der Waals surface area contributed by atoms with E-state index in [2.05, 4.69) is 24.4 Å². The lowest BCUT2D eigenvalue weighted by molar-refractivity contribution is -0.128. The van der Waals surface area contributed by atoms with E-state index in [1.54, 1.807) is 0 Å². The molecule has 0 bridgehead atoms. The highest BCUT2D eigenvalue weighted by atomic mass is 16.5. The molecule has 0 unspecified atom stereocenters. The topological polar surface area (TPSA) is 38.3 Å². The molecule has 0 radical (unpaired) electrons. The zero-order chi connectivity index (χ0) is 19.9. The van der Waals surface area contributed by atoms with Gasteiger partial charge in [-0.1, -0.05) is 73.7 Å². The quantitative estimate of drug-likeness (QED) is 0.605. The molecule has 0 aromatic heterocycles. The summed E-state index contributed by atoms with van der Waals surface area (Å²) in [5, 5.41) is 3.21. The van der Waals surface area contributed by atoms with Crippen LogP contribution in [-0.2, 0) is 4.79 Å². The van der Waals surface area contributed by atoms with Crippen molar-refractivity contribution < 1.29 is 9.53 Å². The Labute approximate surface area is 167 Å². The SMILES string of the molecule is CC[C@@H](Oc1cccc(C)c1)C(=O)N[C@H](c1ccccc1)c1ccccc1C. The molecule has 0 saturated carbocycles. The van der Waals surface area contributed by atoms with Gasteiger partial charge in [0, 0.05) is 0 Å². The Morgan fingerprint density at radius 1 is 0.929 bits per heavy atom. The van der Waals surface area contributed by atoms with Crippen LogP contribution < -0.4 is 10.1 Å². The average Bonchev–Trinajstić information content (AvgIpc) is 2.71. The van der Waals surface area contributed by atoms with E-state index in [4.69, 9.17) is 4.74 Å². The first-order valence-electron chi connectivity index (χ1n) is 9.72. The first kappa shape index (κ1) is 19.7. The standard InChI is InChI=1S/C25H27NO2/c1-4-23(28-21-15-10-11-18(2)17-21)25(27)26-24(20-13-6-5-7-14-20)22-16-9-8-12-19(22)3/h5-17,23-24H,4H2,1-3H3,(H,26,27)/t23-,24-/m1/s1. The van der Waals surface area contributed by atoms with Crippen LogP contribution in [0.1, 0.15) is 41.6 Å². The van der Waals surface area contributed by atoms with Gasteiger partial charge in [0.1, 0.15) is 5.75 Å². The summed E-state index contributed by atoms with van der Waals surface area (Å²) in [7, 11) is 0. The third-order valence-corrected chi connectivity index (χ3v) is 4.85. The number of hydrogen-bond donors (Lipinski definition) is 1. The number of hydrogen-bond acceptors (Lipinski definition) is 2. The highest BCUT2D eigenvalue weighted by molar-refractivity contribution is 5.82. The molecule has 0 heterocycles. The number of rotatable bonds is 7. The van der Waals surface area contributed by atoms with E-state index in [1.807, 2.05) is 80.6 Å². The summed E-state index contributed by atoms with van der Waals surface area (Å²) < 4.78 is 6.00. The maximum atomic E-state index is 13.1. The van der Waals surface area contributed by atoms with Gasteiger partial charge in [-0.05, 0) is 54.7 Å². The maximum Gasteiger partial charge on any atom is 0.261 e. The highest BCUT2D eigenvalue weighted by Crippen LogP contribution is 2.25. The molecule has 3 heteroatoms. The second-order valence-corrected chi connectivity index (χ2v) is 7.04. The van der Waals surface area contributed by atoms with Gasteiger partial charge in [0.15, 0.2) is 6.10 Å². The summed E-state index contributed by atoms with van der Waals surface area (Å²) in [6, 6.07) is 25.8. The number of carbonyl (C=O) groups is 1. The van der Waals surface area contributed by atoms with Gasteiger partial charge in [-0.25, -0.2) is 0 Å². The number of nitrogens with one attached hydrogen (secondary N) is 1. The van der Waals surface area contributed by atoms with Crippen LogP contribution >= 0.6 is 0 Å². The van der Waals surface area contributed by atoms with Crippen molar-refractivity contribution in [2.45, 2.75) is 39.3 Å². The lowest BCUT2D eigenvalue weighted by atomic mass is 9.94. The largest absolute Gasteiger partial charge is 0.481 e. The summed E-state index contributed by atoms with van der Waals surface area (Å²) in [6.07, 6.45) is 0.0479. The van der Waals surface area contributed by atoms with Crippen molar-refractivity contribution in [3.8, 4) is 5.75 Å². The summed E-state index contributed by atoms with van der Waals surface area (Å²) in [6.45, 7) is 6.04. The van der Waals surface area contributed by atoms with Crippen molar-refractivity contribution in [3.63, 3.8) is 0 Å². The molecule has 1 N–H and O–H groups in total. The molecule has 0 fully saturated rings. The van der Waals surface area contributed by atoms with E-state index >= 15 is 0 Å². The van der Waals surface area contributed by atoms with Gasteiger partial charge in [0.25, 0.3) is 5.91 Å². The van der Waals surface area contributed by atoms with E-state index in [9.17, 15) is 4.79 Å². The van der Waals surface area contributed by atoms with E-state index in [0.29, 0.717) is 12.2 Å². The van der Waals surface area contributed by atoms with Gasteiger partial charge in [-0.15, -0.1) is 0 Å². The lowest BCUT2D eigenvalue weighted by Crippen LogP contribution is -2.40. The smallest absolute Gasteiger partial charge is 0.261 e. The van der Waals surface area contributed by atoms with E-state index < -0.39 is 6.10 Å². The van der Waals surface area contributed by atoms with Crippen LogP contribution in [-0.4, -0.2) is 12.0 Å². The Bertz CT molecular complexity index is 921. The third-order valence-electron chi connectivity index (χ3n) is 4.85. The Hall–Kier alpha value is -3.07. The van der Waals surface area contributed by atoms with Gasteiger partial charge in [0.2, 0.25) is 0 Å². The predicted molar refractivity (Wildman–Crippen MR) is 113 cm³/mol. The molecular formula is C25H27NO2. The van der Waals surface area contributed by atoms with Gasteiger partial charge in [-0.3, -0.25) is 4.79 Å². The molecule has 0 saturated heterocycles. The molecule has 144 valence electrons. The van der Waals surface area contributed by atoms with Crippen LogP contribution in [0.4, 0.5) is 0 Å². The first-order chi connectivity index (χ1) is 13.6. The Balaban J connectivity index is 1.85. The molecule has 3 aromatic rings. The fraction of sp³-hybridized carbons (Fsp3) is 0.240. The fourth-order valence-electron chi connectivity index (χ4n) is 3.31. The molecule has 3 nitrogen and oxygen atoms in total. The average molecular weight is 373 g/mol. The lowest BCUT2D eigenvalue weighted by Gasteiger charge is -2.25. The normalized spacial score (nSPS) is 12.8. The highest BCUT2D eigenvalue weighted by Gasteiger charge is 2.24. The van der Waals surface area contributed by atoms with Crippen LogP contribution in [0.25, 0.3) is 0 Å². The molecular weight excluding hydrogens is 346 g/mol. The molecule has 0 spiro atoms. The minimum Gasteiger partial charge on any atom is -0.481 e. The second kappa shape index (κ2) is 9.23. The van der Waals surface area contributed by atoms with Gasteiger partial charge < -0.3 is 10.1 Å². The summed E-state index contributed by atoms with van der Waals surface area (Å²) >= 11 is 0. The molecule has 1 amide bonds. The predicted octanol–water partition coefficient (Wildman–Crippen LogP) is 5.37. The zero-order valence-electron chi connectivity index (χ0n) is 16.7. The van der Waals surface area contributed by atoms with Crippen LogP contribution in [0.15, 0.2) is 78.9 Å².